The molecule has 0 amide bonds. The number of esters is 3. The first-order valence-electron chi connectivity index (χ1n) is 29.5. The van der Waals surface area contributed by atoms with Gasteiger partial charge in [-0.15, -0.1) is 0 Å². The fourth-order valence-corrected chi connectivity index (χ4v) is 21.5. The fourth-order valence-electron chi connectivity index (χ4n) is 21.5. The first-order chi connectivity index (χ1) is 34.2. The van der Waals surface area contributed by atoms with Gasteiger partial charge in [-0.1, -0.05) is 125 Å². The van der Waals surface area contributed by atoms with Gasteiger partial charge in [0, 0.05) is 39.5 Å². The van der Waals surface area contributed by atoms with Gasteiger partial charge in [0.05, 0.1) is 0 Å². The zero-order valence-electron chi connectivity index (χ0n) is 47.5. The van der Waals surface area contributed by atoms with Gasteiger partial charge in [-0.2, -0.15) is 0 Å². The predicted octanol–water partition coefficient (Wildman–Crippen LogP) is 13.8. The molecule has 0 heterocycles. The van der Waals surface area contributed by atoms with Crippen molar-refractivity contribution in [3.63, 3.8) is 0 Å². The fraction of sp³-hybridized carbons (Fsp3) is 0.781. The van der Waals surface area contributed by atoms with Gasteiger partial charge in [-0.25, -0.2) is 9.59 Å². The van der Waals surface area contributed by atoms with Crippen molar-refractivity contribution < 1.29 is 38.5 Å². The van der Waals surface area contributed by atoms with Gasteiger partial charge in [0.25, 0.3) is 0 Å². The summed E-state index contributed by atoms with van der Waals surface area (Å²) in [6.45, 7) is 32.5. The summed E-state index contributed by atoms with van der Waals surface area (Å²) in [6, 6.07) is 8.72. The number of carboxylic acid groups (broad SMARTS) is 1. The standard InChI is InChI=1S/C64H93NO8/c1-16-49(66)71-54-42-20-18-17-19-41(42)52-40(10)50(54)53-51-39(9)26-32-48-38(8)24-30-46-35(5)22-28-44-34(4)23-29-45-36(6)25-31-47-37(7)21-27-43(33(2)3)61(47,53)64(60(44,45)46,62(48,51)52)73-56(69)59(14,15)63(65,55(67)68)57(70)72-58(11,12)13/h17-20,33-39,43-48,51,53H,16,21-32,65H2,1-15H3,(H,67,68)/t34?,35?,36?,37?,38?,39?,43?,44?,45?,46?,47?,48?,51?,53?,60?,61?,62?,63-,64?/m0/s1. The topological polar surface area (TPSA) is 142 Å². The highest BCUT2D eigenvalue weighted by Gasteiger charge is 2.94. The number of nitrogens with two attached hydrogens (primary N) is 1. The molecule has 8 aliphatic rings. The molecule has 3 N–H and O–H groups in total. The van der Waals surface area contributed by atoms with Gasteiger partial charge in [-0.3, -0.25) is 9.59 Å². The molecule has 402 valence electrons. The van der Waals surface area contributed by atoms with Crippen molar-refractivity contribution >= 4 is 34.6 Å². The summed E-state index contributed by atoms with van der Waals surface area (Å²) in [5, 5.41) is 13.6. The molecular weight excluding hydrogens is 911 g/mol. The predicted molar refractivity (Wildman–Crippen MR) is 287 cm³/mol. The molecule has 0 radical (unpaired) electrons. The van der Waals surface area contributed by atoms with Crippen LogP contribution in [0, 0.1) is 106 Å². The Hall–Kier alpha value is -3.46. The smallest absolute Gasteiger partial charge is 0.339 e. The van der Waals surface area contributed by atoms with Crippen LogP contribution in [-0.4, -0.2) is 45.7 Å². The number of carbonyl (C=O) groups excluding carboxylic acids is 3. The molecule has 0 aromatic heterocycles. The molecule has 7 saturated carbocycles. The first kappa shape index (κ1) is 53.0. The maximum atomic E-state index is 17.4. The van der Waals surface area contributed by atoms with Crippen LogP contribution in [0.3, 0.4) is 0 Å². The highest BCUT2D eigenvalue weighted by atomic mass is 16.6. The van der Waals surface area contributed by atoms with Crippen LogP contribution in [0.25, 0.3) is 10.8 Å². The van der Waals surface area contributed by atoms with E-state index in [2.05, 4.69) is 86.6 Å². The number of carbonyl (C=O) groups is 4. The number of benzene rings is 2. The van der Waals surface area contributed by atoms with Gasteiger partial charge in [0.1, 0.15) is 22.4 Å². The zero-order chi connectivity index (χ0) is 53.1. The molecule has 18 unspecified atom stereocenters. The lowest BCUT2D eigenvalue weighted by Crippen LogP contribution is -2.83. The van der Waals surface area contributed by atoms with Gasteiger partial charge < -0.3 is 25.1 Å². The molecule has 73 heavy (non-hydrogen) atoms. The Morgan fingerprint density at radius 3 is 1.63 bits per heavy atom. The number of aliphatic carboxylic acids is 1. The normalized spacial score (nSPS) is 42.4. The molecule has 9 nitrogen and oxygen atoms in total. The van der Waals surface area contributed by atoms with E-state index in [0.29, 0.717) is 23.5 Å². The Morgan fingerprint density at radius 1 is 0.671 bits per heavy atom. The Morgan fingerprint density at radius 2 is 1.14 bits per heavy atom. The number of ether oxygens (including phenoxy) is 3. The number of hydrogen-bond donors (Lipinski definition) is 2. The van der Waals surface area contributed by atoms with Crippen molar-refractivity contribution in [2.75, 3.05) is 0 Å². The van der Waals surface area contributed by atoms with Crippen molar-refractivity contribution in [3.05, 3.63) is 41.0 Å². The van der Waals surface area contributed by atoms with Crippen molar-refractivity contribution in [1.82, 2.24) is 0 Å². The van der Waals surface area contributed by atoms with Crippen molar-refractivity contribution in [3.8, 4) is 5.75 Å². The molecule has 3 spiro atoms. The third-order valence-corrected chi connectivity index (χ3v) is 23.8. The first-order valence-corrected chi connectivity index (χ1v) is 29.5. The monoisotopic (exact) mass is 1000 g/mol. The lowest BCUT2D eigenvalue weighted by atomic mass is 9.27. The molecule has 2 aromatic carbocycles. The highest BCUT2D eigenvalue weighted by Crippen LogP contribution is 2.92. The lowest BCUT2D eigenvalue weighted by Gasteiger charge is -2.79. The van der Waals surface area contributed by atoms with Crippen LogP contribution in [0.2, 0.25) is 0 Å². The minimum atomic E-state index is -2.79. The number of fused-ring (bicyclic) bond motifs is 5. The molecule has 0 saturated heterocycles. The molecule has 2 aromatic rings. The Labute approximate surface area is 438 Å². The van der Waals surface area contributed by atoms with E-state index in [1.54, 1.807) is 34.6 Å². The lowest BCUT2D eigenvalue weighted by molar-refractivity contribution is -0.352. The van der Waals surface area contributed by atoms with E-state index in [1.807, 2.05) is 6.92 Å². The van der Waals surface area contributed by atoms with E-state index in [4.69, 9.17) is 19.9 Å². The third kappa shape index (κ3) is 6.41. The minimum absolute atomic E-state index is 0.00121. The largest absolute Gasteiger partial charge is 0.479 e. The van der Waals surface area contributed by atoms with E-state index < -0.39 is 56.3 Å². The van der Waals surface area contributed by atoms with Crippen LogP contribution >= 0.6 is 0 Å². The highest BCUT2D eigenvalue weighted by molar-refractivity contribution is 6.09. The second-order valence-corrected chi connectivity index (χ2v) is 28.4. The average molecular weight is 1000 g/mol. The molecular formula is C64H93NO8. The summed E-state index contributed by atoms with van der Waals surface area (Å²) in [5.41, 5.74) is 1.59. The third-order valence-electron chi connectivity index (χ3n) is 23.8. The van der Waals surface area contributed by atoms with Crippen molar-refractivity contribution in [2.45, 2.75) is 215 Å². The van der Waals surface area contributed by atoms with Crippen molar-refractivity contribution in [2.24, 2.45) is 105 Å². The van der Waals surface area contributed by atoms with E-state index in [1.165, 1.54) is 11.1 Å². The van der Waals surface area contributed by atoms with Gasteiger partial charge in [0.2, 0.25) is 5.54 Å². The van der Waals surface area contributed by atoms with E-state index in [9.17, 15) is 19.5 Å². The molecule has 9 heteroatoms. The zero-order valence-corrected chi connectivity index (χ0v) is 47.5. The Kier molecular flexibility index (Phi) is 12.7. The Bertz CT molecular complexity index is 2580. The molecule has 8 aliphatic carbocycles. The summed E-state index contributed by atoms with van der Waals surface area (Å²) in [7, 11) is 0. The van der Waals surface area contributed by atoms with E-state index >= 15 is 4.79 Å². The number of rotatable bonds is 8. The van der Waals surface area contributed by atoms with Crippen LogP contribution in [0.5, 0.6) is 5.75 Å². The molecule has 4 bridgehead atoms. The summed E-state index contributed by atoms with van der Waals surface area (Å²) in [6.07, 6.45) is 12.8. The SMILES string of the molecule is CCC(=O)Oc1c2c(C)c(c3ccccc13)C13C4CCC(C)C1C2C12C(C(C)C)CCC(C)C1CCC(C)C1CCC(C)C5CCC(C)C(CCC4C)C51C32OC(=O)C(C)(C)[C@](N)(C(=O)O)C(=O)OC(C)(C)C. The maximum absolute atomic E-state index is 17.4. The van der Waals surface area contributed by atoms with Crippen LogP contribution in [-0.2, 0) is 34.1 Å². The second kappa shape index (κ2) is 17.5. The average Bonchev–Trinajstić information content (AvgIpc) is 3.50. The van der Waals surface area contributed by atoms with Crippen LogP contribution in [0.4, 0.5) is 0 Å². The summed E-state index contributed by atoms with van der Waals surface area (Å²) in [5.74, 6) is -0.309. The van der Waals surface area contributed by atoms with Gasteiger partial charge >= 0.3 is 23.9 Å². The van der Waals surface area contributed by atoms with Gasteiger partial charge in [-0.05, 0) is 179 Å². The minimum Gasteiger partial charge on any atom is -0.479 e. The van der Waals surface area contributed by atoms with Crippen molar-refractivity contribution in [1.29, 1.82) is 0 Å². The molecule has 19 atom stereocenters. The van der Waals surface area contributed by atoms with Crippen LogP contribution in [0.15, 0.2) is 24.3 Å². The van der Waals surface area contributed by atoms with Crippen LogP contribution in [0.1, 0.15) is 203 Å². The maximum Gasteiger partial charge on any atom is 0.339 e. The molecule has 10 rings (SSSR count). The Balaban J connectivity index is 1.50. The van der Waals surface area contributed by atoms with Crippen LogP contribution < -0.4 is 10.5 Å². The quantitative estimate of drug-likeness (QED) is 0.150. The molecule has 0 aliphatic heterocycles. The van der Waals surface area contributed by atoms with Gasteiger partial charge in [0.15, 0.2) is 0 Å². The summed E-state index contributed by atoms with van der Waals surface area (Å²) in [4.78, 5) is 60.7. The molecule has 7 fully saturated rings. The van der Waals surface area contributed by atoms with E-state index in [0.717, 1.165) is 93.4 Å². The summed E-state index contributed by atoms with van der Waals surface area (Å²) < 4.78 is 21.8. The number of carboxylic acids is 1. The number of hydrogen-bond acceptors (Lipinski definition) is 8. The van der Waals surface area contributed by atoms with E-state index in [-0.39, 0.29) is 83.4 Å². The second-order valence-electron chi connectivity index (χ2n) is 28.4. The summed E-state index contributed by atoms with van der Waals surface area (Å²) >= 11 is 0.